The lowest BCUT2D eigenvalue weighted by Gasteiger charge is -2.15. The molecule has 0 radical (unpaired) electrons. The van der Waals surface area contributed by atoms with Gasteiger partial charge in [-0.05, 0) is 37.1 Å². The molecule has 4 aromatic rings. The number of benzene rings is 2. The number of rotatable bonds is 8. The molecule has 0 aliphatic rings. The van der Waals surface area contributed by atoms with Crippen LogP contribution < -0.4 is 10.3 Å². The molecule has 0 saturated heterocycles. The van der Waals surface area contributed by atoms with Gasteiger partial charge in [-0.2, -0.15) is 0 Å². The number of hydrogen-bond acceptors (Lipinski definition) is 6. The fourth-order valence-electron chi connectivity index (χ4n) is 3.38. The van der Waals surface area contributed by atoms with E-state index in [0.29, 0.717) is 27.4 Å². The number of nitrogens with zero attached hydrogens (tertiary/aromatic N) is 2. The van der Waals surface area contributed by atoms with Crippen LogP contribution in [-0.4, -0.2) is 22.1 Å². The van der Waals surface area contributed by atoms with Crippen LogP contribution in [0.2, 0.25) is 5.02 Å². The molecule has 0 amide bonds. The van der Waals surface area contributed by atoms with Gasteiger partial charge in [-0.15, -0.1) is 11.3 Å². The summed E-state index contributed by atoms with van der Waals surface area (Å²) in [6.07, 6.45) is 2.33. The minimum absolute atomic E-state index is 0.0312. The molecule has 1 atom stereocenters. The van der Waals surface area contributed by atoms with Crippen molar-refractivity contribution in [3.63, 3.8) is 0 Å². The number of fused-ring (bicyclic) bond motifs is 1. The van der Waals surface area contributed by atoms with Crippen LogP contribution in [0.5, 0.6) is 5.75 Å². The summed E-state index contributed by atoms with van der Waals surface area (Å²) >= 11 is 7.52. The number of halogens is 1. The number of thiophene rings is 1. The molecule has 6 nitrogen and oxygen atoms in total. The monoisotopic (exact) mass is 482 g/mol. The topological polar surface area (TPSA) is 70.4 Å². The maximum absolute atomic E-state index is 13.3. The number of aromatic nitrogens is 2. The fourth-order valence-corrected chi connectivity index (χ4v) is 4.48. The first-order valence-corrected chi connectivity index (χ1v) is 11.9. The van der Waals surface area contributed by atoms with Crippen molar-refractivity contribution < 1.29 is 14.3 Å². The van der Waals surface area contributed by atoms with Gasteiger partial charge in [0, 0.05) is 21.5 Å². The van der Waals surface area contributed by atoms with E-state index in [0.717, 1.165) is 23.3 Å². The average molecular weight is 483 g/mol. The van der Waals surface area contributed by atoms with Crippen molar-refractivity contribution in [1.82, 2.24) is 9.55 Å². The SMILES string of the molecule is CCCOc1ccc(-c2csc3ncn(C(C)C(=O)OCc4ccccc4Cl)c(=O)c23)cc1. The van der Waals surface area contributed by atoms with Gasteiger partial charge in [-0.25, -0.2) is 9.78 Å². The Bertz CT molecular complexity index is 1330. The highest BCUT2D eigenvalue weighted by atomic mass is 35.5. The number of ether oxygens (including phenoxy) is 2. The van der Waals surface area contributed by atoms with E-state index in [4.69, 9.17) is 21.1 Å². The number of hydrogen-bond donors (Lipinski definition) is 0. The third kappa shape index (κ3) is 4.94. The summed E-state index contributed by atoms with van der Waals surface area (Å²) in [5.74, 6) is 0.248. The van der Waals surface area contributed by atoms with Crippen LogP contribution in [0.25, 0.3) is 21.3 Å². The molecule has 170 valence electrons. The molecular formula is C25H23ClN2O4S. The second-order valence-electron chi connectivity index (χ2n) is 7.53. The third-order valence-electron chi connectivity index (χ3n) is 5.24. The van der Waals surface area contributed by atoms with Crippen molar-refractivity contribution in [3.8, 4) is 16.9 Å². The van der Waals surface area contributed by atoms with Gasteiger partial charge < -0.3 is 9.47 Å². The lowest BCUT2D eigenvalue weighted by atomic mass is 10.1. The minimum Gasteiger partial charge on any atom is -0.494 e. The first-order valence-electron chi connectivity index (χ1n) is 10.6. The van der Waals surface area contributed by atoms with E-state index >= 15 is 0 Å². The van der Waals surface area contributed by atoms with Gasteiger partial charge in [0.25, 0.3) is 5.56 Å². The van der Waals surface area contributed by atoms with Crippen LogP contribution in [0.4, 0.5) is 0 Å². The van der Waals surface area contributed by atoms with Gasteiger partial charge >= 0.3 is 5.97 Å². The van der Waals surface area contributed by atoms with Gasteiger partial charge in [0.15, 0.2) is 0 Å². The molecule has 0 aliphatic carbocycles. The molecule has 0 N–H and O–H groups in total. The molecule has 2 aromatic heterocycles. The number of carbonyl (C=O) groups is 1. The molecule has 1 unspecified atom stereocenters. The Morgan fingerprint density at radius 2 is 1.94 bits per heavy atom. The molecule has 0 saturated carbocycles. The van der Waals surface area contributed by atoms with E-state index in [1.165, 1.54) is 22.2 Å². The van der Waals surface area contributed by atoms with E-state index in [9.17, 15) is 9.59 Å². The van der Waals surface area contributed by atoms with Crippen molar-refractivity contribution in [3.05, 3.63) is 81.2 Å². The summed E-state index contributed by atoms with van der Waals surface area (Å²) in [5.41, 5.74) is 2.08. The molecule has 2 heterocycles. The molecule has 4 rings (SSSR count). The van der Waals surface area contributed by atoms with Crippen LogP contribution >= 0.6 is 22.9 Å². The number of carbonyl (C=O) groups excluding carboxylic acids is 1. The van der Waals surface area contributed by atoms with Crippen LogP contribution in [0, 0.1) is 0 Å². The highest BCUT2D eigenvalue weighted by molar-refractivity contribution is 7.17. The lowest BCUT2D eigenvalue weighted by molar-refractivity contribution is -0.148. The smallest absolute Gasteiger partial charge is 0.329 e. The van der Waals surface area contributed by atoms with Crippen LogP contribution in [0.1, 0.15) is 31.9 Å². The van der Waals surface area contributed by atoms with Crippen molar-refractivity contribution in [2.24, 2.45) is 0 Å². The van der Waals surface area contributed by atoms with E-state index in [1.54, 1.807) is 25.1 Å². The van der Waals surface area contributed by atoms with Crippen LogP contribution in [0.3, 0.4) is 0 Å². The molecule has 0 bridgehead atoms. The summed E-state index contributed by atoms with van der Waals surface area (Å²) in [4.78, 5) is 31.0. The van der Waals surface area contributed by atoms with Crippen molar-refractivity contribution in [1.29, 1.82) is 0 Å². The zero-order valence-corrected chi connectivity index (χ0v) is 19.9. The van der Waals surface area contributed by atoms with E-state index in [1.807, 2.05) is 35.7 Å². The van der Waals surface area contributed by atoms with E-state index < -0.39 is 12.0 Å². The largest absolute Gasteiger partial charge is 0.494 e. The Morgan fingerprint density at radius 3 is 2.67 bits per heavy atom. The highest BCUT2D eigenvalue weighted by Gasteiger charge is 2.21. The van der Waals surface area contributed by atoms with Crippen molar-refractivity contribution >= 4 is 39.1 Å². The fraction of sp³-hybridized carbons (Fsp3) is 0.240. The Hall–Kier alpha value is -3.16. The van der Waals surface area contributed by atoms with Gasteiger partial charge in [-0.3, -0.25) is 9.36 Å². The van der Waals surface area contributed by atoms with Crippen molar-refractivity contribution in [2.45, 2.75) is 32.9 Å². The minimum atomic E-state index is -0.838. The molecule has 0 fully saturated rings. The summed E-state index contributed by atoms with van der Waals surface area (Å²) in [7, 11) is 0. The second kappa shape index (κ2) is 10.2. The first kappa shape index (κ1) is 23.0. The van der Waals surface area contributed by atoms with Gasteiger partial charge in [0.05, 0.1) is 18.3 Å². The average Bonchev–Trinajstić information content (AvgIpc) is 3.27. The zero-order valence-electron chi connectivity index (χ0n) is 18.3. The maximum atomic E-state index is 13.3. The standard InChI is InChI=1S/C25H23ClN2O4S/c1-3-12-31-19-10-8-17(9-11-19)20-14-33-23-22(20)24(29)28(15-27-23)16(2)25(30)32-13-18-6-4-5-7-21(18)26/h4-11,14-16H,3,12-13H2,1-2H3. The first-order chi connectivity index (χ1) is 16.0. The van der Waals surface area contributed by atoms with Gasteiger partial charge in [0.1, 0.15) is 23.2 Å². The molecule has 8 heteroatoms. The van der Waals surface area contributed by atoms with Crippen LogP contribution in [-0.2, 0) is 16.1 Å². The Labute approximate surface area is 200 Å². The van der Waals surface area contributed by atoms with E-state index in [-0.39, 0.29) is 12.2 Å². The van der Waals surface area contributed by atoms with E-state index in [2.05, 4.69) is 11.9 Å². The number of esters is 1. The predicted molar refractivity (Wildman–Crippen MR) is 131 cm³/mol. The lowest BCUT2D eigenvalue weighted by Crippen LogP contribution is -2.29. The Morgan fingerprint density at radius 1 is 1.18 bits per heavy atom. The Kier molecular flexibility index (Phi) is 7.11. The summed E-state index contributed by atoms with van der Waals surface area (Å²) < 4.78 is 12.4. The normalized spacial score (nSPS) is 12.0. The molecule has 33 heavy (non-hydrogen) atoms. The third-order valence-corrected chi connectivity index (χ3v) is 6.50. The summed E-state index contributed by atoms with van der Waals surface area (Å²) in [5, 5.41) is 2.91. The zero-order chi connectivity index (χ0) is 23.4. The molecule has 2 aromatic carbocycles. The van der Waals surface area contributed by atoms with Crippen LogP contribution in [0.15, 0.2) is 65.0 Å². The molecule has 0 aliphatic heterocycles. The molecule has 0 spiro atoms. The quantitative estimate of drug-likeness (QED) is 0.294. The van der Waals surface area contributed by atoms with Crippen molar-refractivity contribution in [2.75, 3.05) is 6.61 Å². The highest BCUT2D eigenvalue weighted by Crippen LogP contribution is 2.32. The van der Waals surface area contributed by atoms with Gasteiger partial charge in [-0.1, -0.05) is 48.9 Å². The van der Waals surface area contributed by atoms with Gasteiger partial charge in [0.2, 0.25) is 0 Å². The second-order valence-corrected chi connectivity index (χ2v) is 8.80. The molecular weight excluding hydrogens is 460 g/mol. The summed E-state index contributed by atoms with van der Waals surface area (Å²) in [6.45, 7) is 4.36. The summed E-state index contributed by atoms with van der Waals surface area (Å²) in [6, 6.07) is 13.9. The maximum Gasteiger partial charge on any atom is 0.329 e. The Balaban J connectivity index is 1.59. The predicted octanol–water partition coefficient (Wildman–Crippen LogP) is 5.87.